The smallest absolute Gasteiger partial charge is 0.223 e. The van der Waals surface area contributed by atoms with Gasteiger partial charge in [-0.2, -0.15) is 0 Å². The van der Waals surface area contributed by atoms with E-state index in [4.69, 9.17) is 11.5 Å². The van der Waals surface area contributed by atoms with Gasteiger partial charge >= 0.3 is 0 Å². The van der Waals surface area contributed by atoms with Gasteiger partial charge in [0.15, 0.2) is 0 Å². The summed E-state index contributed by atoms with van der Waals surface area (Å²) in [6, 6.07) is 10.1. The van der Waals surface area contributed by atoms with Crippen molar-refractivity contribution in [3.05, 3.63) is 35.9 Å². The van der Waals surface area contributed by atoms with Gasteiger partial charge < -0.3 is 11.5 Å². The Labute approximate surface area is 96.8 Å². The van der Waals surface area contributed by atoms with E-state index in [0.717, 1.165) is 12.8 Å². The maximum absolute atomic E-state index is 11.4. The molecule has 0 aliphatic heterocycles. The van der Waals surface area contributed by atoms with E-state index in [1.165, 1.54) is 5.56 Å². The summed E-state index contributed by atoms with van der Waals surface area (Å²) >= 11 is 0. The van der Waals surface area contributed by atoms with Crippen LogP contribution in [-0.4, -0.2) is 12.5 Å². The van der Waals surface area contributed by atoms with Crippen molar-refractivity contribution < 1.29 is 4.79 Å². The van der Waals surface area contributed by atoms with Crippen LogP contribution in [0.5, 0.6) is 0 Å². The van der Waals surface area contributed by atoms with Crippen molar-refractivity contribution in [2.24, 2.45) is 16.9 Å². The summed E-state index contributed by atoms with van der Waals surface area (Å²) in [6.07, 6.45) is 2.26. The molecule has 1 unspecified atom stereocenters. The summed E-state index contributed by atoms with van der Waals surface area (Å²) in [7, 11) is 0. The summed E-state index contributed by atoms with van der Waals surface area (Å²) in [5, 5.41) is 0. The molecule has 0 heterocycles. The minimum atomic E-state index is -0.482. The molecule has 0 radical (unpaired) electrons. The van der Waals surface area contributed by atoms with Crippen LogP contribution >= 0.6 is 0 Å². The quantitative estimate of drug-likeness (QED) is 0.762. The van der Waals surface area contributed by atoms with Crippen molar-refractivity contribution >= 4 is 5.91 Å². The normalized spacial score (nSPS) is 14.4. The van der Waals surface area contributed by atoms with Crippen molar-refractivity contribution in [2.75, 3.05) is 6.54 Å². The number of nitrogens with two attached hydrogens (primary N) is 2. The van der Waals surface area contributed by atoms with E-state index in [1.54, 1.807) is 0 Å². The lowest BCUT2D eigenvalue weighted by Crippen LogP contribution is -2.36. The maximum atomic E-state index is 11.4. The van der Waals surface area contributed by atoms with E-state index in [9.17, 15) is 4.79 Å². The second kappa shape index (κ2) is 5.66. The molecule has 0 saturated carbocycles. The molecule has 3 nitrogen and oxygen atoms in total. The van der Waals surface area contributed by atoms with Crippen molar-refractivity contribution in [2.45, 2.75) is 26.2 Å². The highest BCUT2D eigenvalue weighted by molar-refractivity contribution is 5.80. The van der Waals surface area contributed by atoms with Crippen LogP contribution in [0.3, 0.4) is 0 Å². The maximum Gasteiger partial charge on any atom is 0.223 e. The van der Waals surface area contributed by atoms with Crippen LogP contribution in [0.4, 0.5) is 0 Å². The molecule has 0 saturated heterocycles. The first-order chi connectivity index (χ1) is 7.58. The Morgan fingerprint density at radius 1 is 1.25 bits per heavy atom. The lowest BCUT2D eigenvalue weighted by molar-refractivity contribution is -0.127. The van der Waals surface area contributed by atoms with Gasteiger partial charge in [0.25, 0.3) is 0 Å². The Hall–Kier alpha value is -1.35. The van der Waals surface area contributed by atoms with Gasteiger partial charge in [0.05, 0.1) is 0 Å². The minimum Gasteiger partial charge on any atom is -0.369 e. The zero-order chi connectivity index (χ0) is 12.0. The van der Waals surface area contributed by atoms with Crippen molar-refractivity contribution in [1.82, 2.24) is 0 Å². The molecule has 0 spiro atoms. The molecule has 0 aliphatic carbocycles. The Bertz CT molecular complexity index is 337. The summed E-state index contributed by atoms with van der Waals surface area (Å²) in [6.45, 7) is 2.39. The van der Waals surface area contributed by atoms with Crippen LogP contribution in [0, 0.1) is 5.41 Å². The summed E-state index contributed by atoms with van der Waals surface area (Å²) < 4.78 is 0. The molecule has 0 fully saturated rings. The molecule has 1 atom stereocenters. The fourth-order valence-corrected chi connectivity index (χ4v) is 1.75. The molecule has 0 aromatic heterocycles. The monoisotopic (exact) mass is 220 g/mol. The number of amides is 1. The zero-order valence-electron chi connectivity index (χ0n) is 9.78. The topological polar surface area (TPSA) is 69.1 Å². The van der Waals surface area contributed by atoms with Gasteiger partial charge in [-0.15, -0.1) is 0 Å². The number of carbonyl (C=O) groups is 1. The molecule has 1 aromatic carbocycles. The highest BCUT2D eigenvalue weighted by Crippen LogP contribution is 2.26. The van der Waals surface area contributed by atoms with Gasteiger partial charge in [-0.3, -0.25) is 4.79 Å². The predicted octanol–water partition coefficient (Wildman–Crippen LogP) is 1.46. The number of benzene rings is 1. The molecular formula is C13H20N2O. The molecule has 1 rings (SSSR count). The van der Waals surface area contributed by atoms with Crippen LogP contribution in [0.25, 0.3) is 0 Å². The minimum absolute atomic E-state index is 0.256. The number of rotatable bonds is 6. The number of hydrogen-bond donors (Lipinski definition) is 2. The Balaban J connectivity index is 2.60. The van der Waals surface area contributed by atoms with Crippen LogP contribution in [0.15, 0.2) is 30.3 Å². The van der Waals surface area contributed by atoms with E-state index in [1.807, 2.05) is 25.1 Å². The molecule has 0 bridgehead atoms. The Morgan fingerprint density at radius 2 is 1.88 bits per heavy atom. The van der Waals surface area contributed by atoms with Crippen LogP contribution in [0.1, 0.15) is 25.3 Å². The average Bonchev–Trinajstić information content (AvgIpc) is 2.28. The van der Waals surface area contributed by atoms with Crippen LogP contribution < -0.4 is 11.5 Å². The Morgan fingerprint density at radius 3 is 2.38 bits per heavy atom. The van der Waals surface area contributed by atoms with E-state index in [2.05, 4.69) is 12.1 Å². The third kappa shape index (κ3) is 3.35. The second-order valence-corrected chi connectivity index (χ2v) is 4.45. The largest absolute Gasteiger partial charge is 0.369 e. The van der Waals surface area contributed by atoms with Gasteiger partial charge in [0.1, 0.15) is 0 Å². The lowest BCUT2D eigenvalue weighted by Gasteiger charge is -2.25. The van der Waals surface area contributed by atoms with E-state index in [0.29, 0.717) is 13.0 Å². The second-order valence-electron chi connectivity index (χ2n) is 4.45. The SMILES string of the molecule is CC(CCN)(CCc1ccccc1)C(N)=O. The molecule has 3 heteroatoms. The number of hydrogen-bond acceptors (Lipinski definition) is 2. The standard InChI is InChI=1S/C13H20N2O/c1-13(9-10-14,12(15)16)8-7-11-5-3-2-4-6-11/h2-6H,7-10,14H2,1H3,(H2,15,16). The molecule has 0 aliphatic rings. The fourth-order valence-electron chi connectivity index (χ4n) is 1.75. The van der Waals surface area contributed by atoms with Crippen molar-refractivity contribution in [1.29, 1.82) is 0 Å². The third-order valence-corrected chi connectivity index (χ3v) is 3.10. The molecule has 1 aromatic rings. The van der Waals surface area contributed by atoms with Gasteiger partial charge in [-0.05, 0) is 31.4 Å². The third-order valence-electron chi connectivity index (χ3n) is 3.10. The molecule has 1 amide bonds. The fraction of sp³-hybridized carbons (Fsp3) is 0.462. The van der Waals surface area contributed by atoms with E-state index >= 15 is 0 Å². The summed E-state index contributed by atoms with van der Waals surface area (Å²) in [5.41, 5.74) is 11.7. The molecule has 4 N–H and O–H groups in total. The molecule has 88 valence electrons. The summed E-state index contributed by atoms with van der Waals surface area (Å²) in [5.74, 6) is -0.256. The van der Waals surface area contributed by atoms with E-state index < -0.39 is 5.41 Å². The predicted molar refractivity (Wildman–Crippen MR) is 65.7 cm³/mol. The average molecular weight is 220 g/mol. The highest BCUT2D eigenvalue weighted by atomic mass is 16.1. The Kier molecular flexibility index (Phi) is 4.50. The number of carbonyl (C=O) groups excluding carboxylic acids is 1. The van der Waals surface area contributed by atoms with Gasteiger partial charge in [0.2, 0.25) is 5.91 Å². The first-order valence-electron chi connectivity index (χ1n) is 5.62. The molecular weight excluding hydrogens is 200 g/mol. The first kappa shape index (κ1) is 12.7. The number of aryl methyl sites for hydroxylation is 1. The van der Waals surface area contributed by atoms with Gasteiger partial charge in [-0.25, -0.2) is 0 Å². The summed E-state index contributed by atoms with van der Waals surface area (Å²) in [4.78, 5) is 11.4. The van der Waals surface area contributed by atoms with Crippen molar-refractivity contribution in [3.8, 4) is 0 Å². The van der Waals surface area contributed by atoms with E-state index in [-0.39, 0.29) is 5.91 Å². The van der Waals surface area contributed by atoms with Crippen LogP contribution in [-0.2, 0) is 11.2 Å². The highest BCUT2D eigenvalue weighted by Gasteiger charge is 2.29. The first-order valence-corrected chi connectivity index (χ1v) is 5.62. The van der Waals surface area contributed by atoms with Crippen molar-refractivity contribution in [3.63, 3.8) is 0 Å². The van der Waals surface area contributed by atoms with Crippen LogP contribution in [0.2, 0.25) is 0 Å². The molecule has 16 heavy (non-hydrogen) atoms. The zero-order valence-corrected chi connectivity index (χ0v) is 9.78. The van der Waals surface area contributed by atoms with Gasteiger partial charge in [0, 0.05) is 5.41 Å². The number of primary amides is 1. The lowest BCUT2D eigenvalue weighted by atomic mass is 9.80. The van der Waals surface area contributed by atoms with Gasteiger partial charge in [-0.1, -0.05) is 37.3 Å².